The molecule has 1 unspecified atom stereocenters. The predicted molar refractivity (Wildman–Crippen MR) is 77.7 cm³/mol. The van der Waals surface area contributed by atoms with Gasteiger partial charge in [-0.25, -0.2) is 9.37 Å². The molecule has 0 spiro atoms. The van der Waals surface area contributed by atoms with Gasteiger partial charge in [0.05, 0.1) is 6.20 Å². The molecular formula is C14H22FN5. The summed E-state index contributed by atoms with van der Waals surface area (Å²) in [5.41, 5.74) is 0. The summed E-state index contributed by atoms with van der Waals surface area (Å²) in [4.78, 5) is 15.1. The van der Waals surface area contributed by atoms with E-state index < -0.39 is 0 Å². The van der Waals surface area contributed by atoms with Crippen LogP contribution in [0.5, 0.6) is 0 Å². The topological polar surface area (TPSA) is 35.5 Å². The minimum atomic E-state index is -0.306. The Morgan fingerprint density at radius 3 is 2.60 bits per heavy atom. The van der Waals surface area contributed by atoms with Crippen LogP contribution in [0.15, 0.2) is 6.20 Å². The third-order valence-electron chi connectivity index (χ3n) is 4.29. The van der Waals surface area contributed by atoms with Gasteiger partial charge in [-0.05, 0) is 33.4 Å². The van der Waals surface area contributed by atoms with E-state index in [4.69, 9.17) is 0 Å². The minimum Gasteiger partial charge on any atom is -0.354 e. The molecule has 2 saturated heterocycles. The third kappa shape index (κ3) is 2.57. The van der Waals surface area contributed by atoms with Crippen molar-refractivity contribution >= 4 is 11.8 Å². The van der Waals surface area contributed by atoms with E-state index in [0.29, 0.717) is 17.8 Å². The fourth-order valence-corrected chi connectivity index (χ4v) is 3.00. The van der Waals surface area contributed by atoms with Crippen LogP contribution in [-0.2, 0) is 0 Å². The van der Waals surface area contributed by atoms with E-state index in [2.05, 4.69) is 33.9 Å². The number of rotatable bonds is 3. The molecule has 2 aliphatic rings. The van der Waals surface area contributed by atoms with Crippen LogP contribution in [0.1, 0.15) is 19.3 Å². The summed E-state index contributed by atoms with van der Waals surface area (Å²) in [5, 5.41) is 0. The first kappa shape index (κ1) is 13.5. The lowest BCUT2D eigenvalue weighted by Gasteiger charge is -2.22. The van der Waals surface area contributed by atoms with Crippen molar-refractivity contribution in [2.24, 2.45) is 0 Å². The average molecular weight is 279 g/mol. The maximum Gasteiger partial charge on any atom is 0.227 e. The Balaban J connectivity index is 1.79. The molecule has 110 valence electrons. The molecule has 1 aromatic rings. The molecule has 0 aliphatic carbocycles. The second kappa shape index (κ2) is 5.52. The summed E-state index contributed by atoms with van der Waals surface area (Å²) in [6.45, 7) is 3.65. The van der Waals surface area contributed by atoms with E-state index in [1.54, 1.807) is 0 Å². The highest BCUT2D eigenvalue weighted by Crippen LogP contribution is 2.25. The normalized spacial score (nSPS) is 23.1. The summed E-state index contributed by atoms with van der Waals surface area (Å²) in [5.74, 6) is 0.831. The van der Waals surface area contributed by atoms with E-state index in [0.717, 1.165) is 45.4 Å². The largest absolute Gasteiger partial charge is 0.354 e. The quantitative estimate of drug-likeness (QED) is 0.835. The standard InChI is InChI=1S/C14H22FN5/c1-18(2)11-5-8-20(10-11)14-16-9-12(15)13(17-14)19-6-3-4-7-19/h9,11H,3-8,10H2,1-2H3. The van der Waals surface area contributed by atoms with E-state index in [-0.39, 0.29) is 5.82 Å². The minimum absolute atomic E-state index is 0.306. The number of hydrogen-bond acceptors (Lipinski definition) is 5. The van der Waals surface area contributed by atoms with Crippen LogP contribution < -0.4 is 9.80 Å². The maximum atomic E-state index is 13.9. The molecule has 3 rings (SSSR count). The van der Waals surface area contributed by atoms with E-state index >= 15 is 0 Å². The second-order valence-corrected chi connectivity index (χ2v) is 5.89. The van der Waals surface area contributed by atoms with Gasteiger partial charge >= 0.3 is 0 Å². The monoisotopic (exact) mass is 279 g/mol. The number of halogens is 1. The summed E-state index contributed by atoms with van der Waals surface area (Å²) in [6.07, 6.45) is 4.65. The summed E-state index contributed by atoms with van der Waals surface area (Å²) in [6, 6.07) is 0.527. The zero-order valence-electron chi connectivity index (χ0n) is 12.2. The summed E-state index contributed by atoms with van der Waals surface area (Å²) >= 11 is 0. The lowest BCUT2D eigenvalue weighted by Crippen LogP contribution is -2.32. The Hall–Kier alpha value is -1.43. The number of aromatic nitrogens is 2. The van der Waals surface area contributed by atoms with Crippen molar-refractivity contribution in [2.75, 3.05) is 50.1 Å². The Kier molecular flexibility index (Phi) is 3.74. The zero-order chi connectivity index (χ0) is 14.1. The molecule has 20 heavy (non-hydrogen) atoms. The van der Waals surface area contributed by atoms with Gasteiger partial charge in [0, 0.05) is 32.2 Å². The molecule has 0 radical (unpaired) electrons. The van der Waals surface area contributed by atoms with Gasteiger partial charge in [0.15, 0.2) is 11.6 Å². The number of hydrogen-bond donors (Lipinski definition) is 0. The Labute approximate surface area is 119 Å². The molecule has 1 atom stereocenters. The van der Waals surface area contributed by atoms with Crippen LogP contribution in [0, 0.1) is 5.82 Å². The highest BCUT2D eigenvalue weighted by atomic mass is 19.1. The highest BCUT2D eigenvalue weighted by Gasteiger charge is 2.27. The van der Waals surface area contributed by atoms with Gasteiger partial charge in [-0.15, -0.1) is 0 Å². The molecule has 2 fully saturated rings. The van der Waals surface area contributed by atoms with Crippen LogP contribution in [0.3, 0.4) is 0 Å². The molecule has 5 nitrogen and oxygen atoms in total. The molecule has 3 heterocycles. The van der Waals surface area contributed by atoms with Gasteiger partial charge in [0.1, 0.15) is 0 Å². The maximum absolute atomic E-state index is 13.9. The van der Waals surface area contributed by atoms with Gasteiger partial charge in [-0.1, -0.05) is 0 Å². The SMILES string of the molecule is CN(C)C1CCN(c2ncc(F)c(N3CCCC3)n2)C1. The van der Waals surface area contributed by atoms with Crippen molar-refractivity contribution in [1.29, 1.82) is 0 Å². The number of likely N-dealkylation sites (N-methyl/N-ethyl adjacent to an activating group) is 1. The van der Waals surface area contributed by atoms with Gasteiger partial charge < -0.3 is 14.7 Å². The molecule has 1 aromatic heterocycles. The lowest BCUT2D eigenvalue weighted by atomic mass is 10.2. The molecule has 6 heteroatoms. The first-order valence-electron chi connectivity index (χ1n) is 7.34. The predicted octanol–water partition coefficient (Wildman–Crippen LogP) is 1.36. The molecule has 0 saturated carbocycles. The van der Waals surface area contributed by atoms with Crippen molar-refractivity contribution in [1.82, 2.24) is 14.9 Å². The van der Waals surface area contributed by atoms with Gasteiger partial charge in [-0.2, -0.15) is 4.98 Å². The highest BCUT2D eigenvalue weighted by molar-refractivity contribution is 5.46. The molecule has 0 amide bonds. The number of anilines is 2. The van der Waals surface area contributed by atoms with E-state index in [1.807, 2.05) is 4.90 Å². The van der Waals surface area contributed by atoms with Crippen molar-refractivity contribution < 1.29 is 4.39 Å². The van der Waals surface area contributed by atoms with Gasteiger partial charge in [0.25, 0.3) is 0 Å². The average Bonchev–Trinajstić information content (AvgIpc) is 3.10. The van der Waals surface area contributed by atoms with Crippen molar-refractivity contribution in [2.45, 2.75) is 25.3 Å². The molecule has 0 bridgehead atoms. The fraction of sp³-hybridized carbons (Fsp3) is 0.714. The van der Waals surface area contributed by atoms with E-state index in [1.165, 1.54) is 6.20 Å². The van der Waals surface area contributed by atoms with Crippen LogP contribution in [-0.4, -0.2) is 61.2 Å². The number of nitrogens with zero attached hydrogens (tertiary/aromatic N) is 5. The Morgan fingerprint density at radius 2 is 1.95 bits per heavy atom. The van der Waals surface area contributed by atoms with Gasteiger partial charge in [-0.3, -0.25) is 0 Å². The lowest BCUT2D eigenvalue weighted by molar-refractivity contribution is 0.315. The first-order valence-corrected chi connectivity index (χ1v) is 7.34. The fourth-order valence-electron chi connectivity index (χ4n) is 3.00. The molecular weight excluding hydrogens is 257 g/mol. The Morgan fingerprint density at radius 1 is 1.20 bits per heavy atom. The third-order valence-corrected chi connectivity index (χ3v) is 4.29. The van der Waals surface area contributed by atoms with Crippen LogP contribution in [0.2, 0.25) is 0 Å². The van der Waals surface area contributed by atoms with Crippen LogP contribution >= 0.6 is 0 Å². The summed E-state index contributed by atoms with van der Waals surface area (Å²) < 4.78 is 13.9. The van der Waals surface area contributed by atoms with Crippen molar-refractivity contribution in [3.05, 3.63) is 12.0 Å². The Bertz CT molecular complexity index is 473. The second-order valence-electron chi connectivity index (χ2n) is 5.89. The first-order chi connectivity index (χ1) is 9.65. The molecule has 0 aromatic carbocycles. The summed E-state index contributed by atoms with van der Waals surface area (Å²) in [7, 11) is 4.19. The zero-order valence-corrected chi connectivity index (χ0v) is 12.2. The van der Waals surface area contributed by atoms with Crippen LogP contribution in [0.25, 0.3) is 0 Å². The van der Waals surface area contributed by atoms with Gasteiger partial charge in [0.2, 0.25) is 5.95 Å². The smallest absolute Gasteiger partial charge is 0.227 e. The molecule has 0 N–H and O–H groups in total. The van der Waals surface area contributed by atoms with Crippen molar-refractivity contribution in [3.8, 4) is 0 Å². The van der Waals surface area contributed by atoms with Crippen LogP contribution in [0.4, 0.5) is 16.2 Å². The van der Waals surface area contributed by atoms with E-state index in [9.17, 15) is 4.39 Å². The molecule has 2 aliphatic heterocycles. The van der Waals surface area contributed by atoms with Crippen molar-refractivity contribution in [3.63, 3.8) is 0 Å².